The maximum absolute atomic E-state index is 3.01. The molecule has 2 heterocycles. The molecule has 2 aliphatic heterocycles. The lowest BCUT2D eigenvalue weighted by molar-refractivity contribution is 1.30. The molecule has 0 fully saturated rings. The Morgan fingerprint density at radius 1 is 0.306 bits per heavy atom. The van der Waals surface area contributed by atoms with Gasteiger partial charge in [-0.15, -0.1) is 0 Å². The quantitative estimate of drug-likeness (QED) is 0.154. The Kier molecular flexibility index (Phi) is 8.85. The highest BCUT2D eigenvalue weighted by molar-refractivity contribution is 8.00. The Hall–Kier alpha value is -6.96. The molecule has 0 saturated carbocycles. The number of hydrogen-bond donors (Lipinski definition) is 0. The van der Waals surface area contributed by atoms with E-state index in [9.17, 15) is 0 Å². The minimum Gasteiger partial charge on any atom is -0.310 e. The van der Waals surface area contributed by atoms with Gasteiger partial charge in [0.25, 0.3) is 0 Å². The maximum Gasteiger partial charge on any atom is 0.181 e. The standard InChI is InChI=1S/C58H41NSSi2/c1-4-19-42(20-5-1)43-35-37-45(38-36-43)59(50-28-18-22-44-21-10-11-27-49(44)50)46-39-40-57-58(41-46)62(53-31-14-12-29-51(53)60-52-30-13-15-32-54(52)62)56-34-17-16-33-55(56)61(57,47-23-6-2-7-24-47)48-25-8-3-9-26-48/h1-41H. The lowest BCUT2D eigenvalue weighted by Crippen LogP contribution is -2.93. The van der Waals surface area contributed by atoms with Crippen molar-refractivity contribution in [3.8, 4) is 11.1 Å². The highest BCUT2D eigenvalue weighted by atomic mass is 32.2. The second-order valence-electron chi connectivity index (χ2n) is 16.3. The van der Waals surface area contributed by atoms with Crippen LogP contribution in [0.5, 0.6) is 0 Å². The Balaban J connectivity index is 1.23. The fourth-order valence-electron chi connectivity index (χ4n) is 10.7. The Labute approximate surface area is 369 Å². The number of hydrogen-bond acceptors (Lipinski definition) is 2. The lowest BCUT2D eigenvalue weighted by Gasteiger charge is -2.50. The first-order valence-electron chi connectivity index (χ1n) is 21.4. The molecule has 0 aromatic heterocycles. The second kappa shape index (κ2) is 14.9. The summed E-state index contributed by atoms with van der Waals surface area (Å²) in [4.78, 5) is 5.24. The molecule has 0 N–H and O–H groups in total. The van der Waals surface area contributed by atoms with Crippen molar-refractivity contribution in [1.82, 2.24) is 0 Å². The van der Waals surface area contributed by atoms with Crippen LogP contribution in [0.15, 0.2) is 259 Å². The van der Waals surface area contributed by atoms with Crippen molar-refractivity contribution in [3.05, 3.63) is 249 Å². The van der Waals surface area contributed by atoms with Gasteiger partial charge in [-0.2, -0.15) is 0 Å². The molecule has 62 heavy (non-hydrogen) atoms. The van der Waals surface area contributed by atoms with Crippen molar-refractivity contribution in [2.45, 2.75) is 9.79 Å². The molecule has 0 saturated heterocycles. The van der Waals surface area contributed by atoms with E-state index in [1.54, 1.807) is 0 Å². The summed E-state index contributed by atoms with van der Waals surface area (Å²) in [5, 5.41) is 14.2. The van der Waals surface area contributed by atoms with Crippen molar-refractivity contribution in [2.24, 2.45) is 0 Å². The topological polar surface area (TPSA) is 3.24 Å². The molecule has 0 bridgehead atoms. The summed E-state index contributed by atoms with van der Waals surface area (Å²) in [5.41, 5.74) is 5.87. The summed E-state index contributed by atoms with van der Waals surface area (Å²) in [6.07, 6.45) is 0. The van der Waals surface area contributed by atoms with Gasteiger partial charge < -0.3 is 4.90 Å². The predicted octanol–water partition coefficient (Wildman–Crippen LogP) is 9.51. The first-order valence-corrected chi connectivity index (χ1v) is 26.2. The third-order valence-electron chi connectivity index (χ3n) is 13.3. The normalized spacial score (nSPS) is 14.0. The molecule has 0 aliphatic carbocycles. The summed E-state index contributed by atoms with van der Waals surface area (Å²) in [6, 6.07) is 94.3. The van der Waals surface area contributed by atoms with E-state index >= 15 is 0 Å². The van der Waals surface area contributed by atoms with Crippen LogP contribution in [-0.4, -0.2) is 16.1 Å². The summed E-state index contributed by atoms with van der Waals surface area (Å²) in [7, 11) is -5.93. The fraction of sp³-hybridized carbons (Fsp3) is 0. The van der Waals surface area contributed by atoms with Crippen LogP contribution in [0.2, 0.25) is 0 Å². The van der Waals surface area contributed by atoms with E-state index in [0.717, 1.165) is 17.1 Å². The van der Waals surface area contributed by atoms with Crippen LogP contribution in [0.25, 0.3) is 21.9 Å². The van der Waals surface area contributed by atoms with Crippen molar-refractivity contribution in [3.63, 3.8) is 0 Å². The van der Waals surface area contributed by atoms with Gasteiger partial charge in [-0.3, -0.25) is 0 Å². The number of rotatable bonds is 6. The third kappa shape index (κ3) is 5.47. The van der Waals surface area contributed by atoms with Gasteiger partial charge in [0.15, 0.2) is 16.1 Å². The van der Waals surface area contributed by atoms with Crippen LogP contribution < -0.4 is 46.4 Å². The monoisotopic (exact) mass is 839 g/mol. The third-order valence-corrected chi connectivity index (χ3v) is 25.1. The van der Waals surface area contributed by atoms with Gasteiger partial charge in [-0.1, -0.05) is 218 Å². The average molecular weight is 840 g/mol. The van der Waals surface area contributed by atoms with Gasteiger partial charge in [0.2, 0.25) is 0 Å². The van der Waals surface area contributed by atoms with Gasteiger partial charge in [0, 0.05) is 26.6 Å². The minimum atomic E-state index is -3.01. The maximum atomic E-state index is 2.64. The van der Waals surface area contributed by atoms with E-state index in [4.69, 9.17) is 0 Å². The first kappa shape index (κ1) is 36.9. The van der Waals surface area contributed by atoms with E-state index in [-0.39, 0.29) is 0 Å². The first-order chi connectivity index (χ1) is 30.8. The van der Waals surface area contributed by atoms with Crippen LogP contribution in [0.1, 0.15) is 0 Å². The van der Waals surface area contributed by atoms with Crippen LogP contribution in [0.3, 0.4) is 0 Å². The zero-order valence-corrected chi connectivity index (χ0v) is 36.8. The molecular weight excluding hydrogens is 799 g/mol. The average Bonchev–Trinajstić information content (AvgIpc) is 3.35. The molecule has 12 rings (SSSR count). The highest BCUT2D eigenvalue weighted by Crippen LogP contribution is 2.41. The van der Waals surface area contributed by atoms with Gasteiger partial charge in [-0.25, -0.2) is 0 Å². The fourth-order valence-corrected chi connectivity index (χ4v) is 25.0. The molecule has 292 valence electrons. The molecule has 2 aliphatic rings. The molecule has 1 nitrogen and oxygen atoms in total. The molecule has 0 unspecified atom stereocenters. The van der Waals surface area contributed by atoms with Crippen molar-refractivity contribution >= 4 is 97.2 Å². The highest BCUT2D eigenvalue weighted by Gasteiger charge is 2.58. The number of anilines is 3. The van der Waals surface area contributed by atoms with Crippen molar-refractivity contribution in [2.75, 3.05) is 4.90 Å². The Morgan fingerprint density at radius 2 is 0.774 bits per heavy atom. The predicted molar refractivity (Wildman–Crippen MR) is 269 cm³/mol. The van der Waals surface area contributed by atoms with E-state index in [1.807, 2.05) is 11.8 Å². The summed E-state index contributed by atoms with van der Waals surface area (Å²) in [6.45, 7) is 0. The van der Waals surface area contributed by atoms with Crippen LogP contribution in [-0.2, 0) is 0 Å². The summed E-state index contributed by atoms with van der Waals surface area (Å²) >= 11 is 1.93. The Bertz CT molecular complexity index is 3190. The Morgan fingerprint density at radius 3 is 1.42 bits per heavy atom. The smallest absolute Gasteiger partial charge is 0.181 e. The van der Waals surface area contributed by atoms with E-state index in [2.05, 4.69) is 254 Å². The van der Waals surface area contributed by atoms with Gasteiger partial charge in [0.1, 0.15) is 0 Å². The molecule has 0 amide bonds. The van der Waals surface area contributed by atoms with Crippen LogP contribution in [0, 0.1) is 0 Å². The van der Waals surface area contributed by atoms with E-state index < -0.39 is 16.1 Å². The summed E-state index contributed by atoms with van der Waals surface area (Å²) in [5.74, 6) is 0. The van der Waals surface area contributed by atoms with Crippen LogP contribution >= 0.6 is 11.8 Å². The largest absolute Gasteiger partial charge is 0.310 e. The molecule has 0 atom stereocenters. The second-order valence-corrected chi connectivity index (χ2v) is 24.8. The number of fused-ring (bicyclic) bond motifs is 9. The van der Waals surface area contributed by atoms with E-state index in [0.29, 0.717) is 0 Å². The van der Waals surface area contributed by atoms with Crippen LogP contribution in [0.4, 0.5) is 17.1 Å². The molecule has 0 radical (unpaired) electrons. The van der Waals surface area contributed by atoms with Gasteiger partial charge >= 0.3 is 0 Å². The lowest BCUT2D eigenvalue weighted by atomic mass is 10.0. The van der Waals surface area contributed by atoms with Crippen molar-refractivity contribution < 1.29 is 0 Å². The minimum absolute atomic E-state index is 1.13. The van der Waals surface area contributed by atoms with Gasteiger partial charge in [0.05, 0.1) is 5.69 Å². The molecule has 1 spiro atoms. The SMILES string of the molecule is c1ccc(-c2ccc(N(c3ccc4c(c3)[Si]3(c5ccccc5Sc5ccccc53)c3ccccc3[Si]4(c3ccccc3)c3ccccc3)c3cccc4ccccc34)cc2)cc1. The number of nitrogens with zero attached hydrogens (tertiary/aromatic N) is 1. The molecular formula is C58H41NSSi2. The van der Waals surface area contributed by atoms with Crippen molar-refractivity contribution in [1.29, 1.82) is 0 Å². The molecule has 10 aromatic carbocycles. The number of benzene rings is 10. The zero-order valence-electron chi connectivity index (χ0n) is 34.0. The zero-order chi connectivity index (χ0) is 41.1. The summed E-state index contributed by atoms with van der Waals surface area (Å²) < 4.78 is 0. The van der Waals surface area contributed by atoms with E-state index in [1.165, 1.54) is 73.2 Å². The molecule has 4 heteroatoms. The van der Waals surface area contributed by atoms with Gasteiger partial charge in [-0.05, 0) is 100 Å². The molecule has 10 aromatic rings.